The number of likely N-dealkylation sites (tertiary alicyclic amines) is 1. The van der Waals surface area contributed by atoms with Crippen molar-refractivity contribution in [3.8, 4) is 11.5 Å². The van der Waals surface area contributed by atoms with Crippen molar-refractivity contribution in [2.75, 3.05) is 26.3 Å². The molecule has 0 saturated carbocycles. The van der Waals surface area contributed by atoms with Crippen LogP contribution in [0.2, 0.25) is 0 Å². The molecule has 1 aliphatic heterocycles. The minimum absolute atomic E-state index is 0.0641. The molecule has 0 aliphatic carbocycles. The largest absolute Gasteiger partial charge is 0.490 e. The second-order valence-corrected chi connectivity index (χ2v) is 6.01. The molecule has 0 spiro atoms. The molecule has 1 heterocycles. The van der Waals surface area contributed by atoms with Gasteiger partial charge in [-0.1, -0.05) is 0 Å². The van der Waals surface area contributed by atoms with Gasteiger partial charge in [0.15, 0.2) is 16.9 Å². The molecule has 0 atom stereocenters. The van der Waals surface area contributed by atoms with Crippen molar-refractivity contribution in [1.82, 2.24) is 4.90 Å². The molecule has 1 saturated heterocycles. The number of aliphatic carboxylic acids is 2. The van der Waals surface area contributed by atoms with Crippen molar-refractivity contribution in [3.63, 3.8) is 0 Å². The first-order valence-corrected chi connectivity index (χ1v) is 8.51. The van der Waals surface area contributed by atoms with E-state index in [1.54, 1.807) is 18.2 Å². The Labute approximate surface area is 151 Å². The van der Waals surface area contributed by atoms with Gasteiger partial charge >= 0.3 is 11.9 Å². The molecule has 0 aromatic heterocycles. The molecule has 2 N–H and O–H groups in total. The minimum atomic E-state index is -1.83. The van der Waals surface area contributed by atoms with Crippen LogP contribution >= 0.6 is 0 Å². The van der Waals surface area contributed by atoms with Gasteiger partial charge in [-0.3, -0.25) is 14.4 Å². The molecule has 8 heteroatoms. The zero-order valence-electron chi connectivity index (χ0n) is 14.9. The Morgan fingerprint density at radius 3 is 2.04 bits per heavy atom. The zero-order chi connectivity index (χ0) is 19.3. The average molecular weight is 365 g/mol. The number of nitrogens with zero attached hydrogens (tertiary/aromatic N) is 1. The van der Waals surface area contributed by atoms with Crippen LogP contribution in [0.25, 0.3) is 0 Å². The summed E-state index contributed by atoms with van der Waals surface area (Å²) < 4.78 is 11.0. The quantitative estimate of drug-likeness (QED) is 0.709. The molecule has 0 bridgehead atoms. The van der Waals surface area contributed by atoms with Crippen molar-refractivity contribution in [3.05, 3.63) is 23.8 Å². The van der Waals surface area contributed by atoms with Crippen LogP contribution in [0.1, 0.15) is 37.0 Å². The summed E-state index contributed by atoms with van der Waals surface area (Å²) in [5, 5.41) is 18.5. The van der Waals surface area contributed by atoms with Crippen molar-refractivity contribution < 1.29 is 34.1 Å². The lowest BCUT2D eigenvalue weighted by Crippen LogP contribution is -2.50. The summed E-state index contributed by atoms with van der Waals surface area (Å²) in [7, 11) is 0. The van der Waals surface area contributed by atoms with E-state index in [4.69, 9.17) is 9.47 Å². The van der Waals surface area contributed by atoms with Crippen molar-refractivity contribution in [2.24, 2.45) is 5.41 Å². The molecular formula is C18H23NO7. The third kappa shape index (κ3) is 3.74. The Bertz CT molecular complexity index is 677. The monoisotopic (exact) mass is 365 g/mol. The first-order valence-electron chi connectivity index (χ1n) is 8.51. The molecule has 1 aliphatic rings. The molecule has 142 valence electrons. The molecule has 2 rings (SSSR count). The molecule has 1 aromatic rings. The summed E-state index contributed by atoms with van der Waals surface area (Å²) in [5.41, 5.74) is -1.44. The number of carboxylic acids is 2. The number of carbonyl (C=O) groups is 3. The number of hydrogen-bond acceptors (Lipinski definition) is 5. The fourth-order valence-electron chi connectivity index (χ4n) is 2.98. The van der Waals surface area contributed by atoms with E-state index >= 15 is 0 Å². The van der Waals surface area contributed by atoms with Gasteiger partial charge in [-0.05, 0) is 44.9 Å². The molecule has 1 amide bonds. The molecule has 1 fully saturated rings. The minimum Gasteiger partial charge on any atom is -0.490 e. The van der Waals surface area contributed by atoms with Crippen LogP contribution in [-0.4, -0.2) is 59.3 Å². The van der Waals surface area contributed by atoms with Gasteiger partial charge in [0.25, 0.3) is 5.91 Å². The Kier molecular flexibility index (Phi) is 6.07. The first-order chi connectivity index (χ1) is 12.4. The Balaban J connectivity index is 2.16. The van der Waals surface area contributed by atoms with Gasteiger partial charge in [0.2, 0.25) is 0 Å². The maximum atomic E-state index is 12.7. The Morgan fingerprint density at radius 1 is 1.00 bits per heavy atom. The predicted octanol–water partition coefficient (Wildman–Crippen LogP) is 1.88. The van der Waals surface area contributed by atoms with Crippen LogP contribution in [0.15, 0.2) is 18.2 Å². The normalized spacial score (nSPS) is 16.0. The summed E-state index contributed by atoms with van der Waals surface area (Å²) in [4.78, 5) is 36.9. The smallest absolute Gasteiger partial charge is 0.321 e. The molecule has 0 radical (unpaired) electrons. The summed E-state index contributed by atoms with van der Waals surface area (Å²) in [6, 6.07) is 4.86. The van der Waals surface area contributed by atoms with E-state index in [9.17, 15) is 24.6 Å². The molecular weight excluding hydrogens is 342 g/mol. The SMILES string of the molecule is CCOc1ccc(C(=O)N2CCC(C(=O)O)(C(=O)O)CC2)cc1OCC. The standard InChI is InChI=1S/C18H23NO7/c1-3-25-13-6-5-12(11-14(13)26-4-2)15(20)19-9-7-18(8-10-19,16(21)22)17(23)24/h5-6,11H,3-4,7-10H2,1-2H3,(H,21,22)(H,23,24). The van der Waals surface area contributed by atoms with Gasteiger partial charge in [0, 0.05) is 18.7 Å². The fraction of sp³-hybridized carbons (Fsp3) is 0.500. The molecule has 0 unspecified atom stereocenters. The van der Waals surface area contributed by atoms with Gasteiger partial charge in [-0.15, -0.1) is 0 Å². The van der Waals surface area contributed by atoms with Crippen molar-refractivity contribution >= 4 is 17.8 Å². The lowest BCUT2D eigenvalue weighted by molar-refractivity contribution is -0.168. The number of carbonyl (C=O) groups excluding carboxylic acids is 1. The molecule has 26 heavy (non-hydrogen) atoms. The zero-order valence-corrected chi connectivity index (χ0v) is 14.9. The van der Waals surface area contributed by atoms with Gasteiger partial charge < -0.3 is 24.6 Å². The van der Waals surface area contributed by atoms with Crippen LogP contribution in [0, 0.1) is 5.41 Å². The number of piperidine rings is 1. The van der Waals surface area contributed by atoms with Crippen molar-refractivity contribution in [2.45, 2.75) is 26.7 Å². The van der Waals surface area contributed by atoms with Gasteiger partial charge in [-0.2, -0.15) is 0 Å². The van der Waals surface area contributed by atoms with Crippen molar-refractivity contribution in [1.29, 1.82) is 0 Å². The third-order valence-electron chi connectivity index (χ3n) is 4.51. The van der Waals surface area contributed by atoms with E-state index in [0.717, 1.165) is 0 Å². The van der Waals surface area contributed by atoms with Crippen LogP contribution in [0.4, 0.5) is 0 Å². The Hall–Kier alpha value is -2.77. The highest BCUT2D eigenvalue weighted by Crippen LogP contribution is 2.34. The van der Waals surface area contributed by atoms with Gasteiger partial charge in [0.05, 0.1) is 13.2 Å². The predicted molar refractivity (Wildman–Crippen MR) is 91.6 cm³/mol. The van der Waals surface area contributed by atoms with Gasteiger partial charge in [0.1, 0.15) is 0 Å². The van der Waals surface area contributed by atoms with Crippen LogP contribution in [-0.2, 0) is 9.59 Å². The fourth-order valence-corrected chi connectivity index (χ4v) is 2.98. The van der Waals surface area contributed by atoms with Crippen LogP contribution < -0.4 is 9.47 Å². The van der Waals surface area contributed by atoms with E-state index < -0.39 is 17.4 Å². The highest BCUT2D eigenvalue weighted by Gasteiger charge is 2.49. The van der Waals surface area contributed by atoms with E-state index in [2.05, 4.69) is 0 Å². The maximum absolute atomic E-state index is 12.7. The van der Waals surface area contributed by atoms with E-state index in [1.165, 1.54) is 4.90 Å². The Morgan fingerprint density at radius 2 is 1.54 bits per heavy atom. The van der Waals surface area contributed by atoms with Gasteiger partial charge in [-0.25, -0.2) is 0 Å². The highest BCUT2D eigenvalue weighted by atomic mass is 16.5. The van der Waals surface area contributed by atoms with E-state index in [-0.39, 0.29) is 31.8 Å². The third-order valence-corrected chi connectivity index (χ3v) is 4.51. The maximum Gasteiger partial charge on any atom is 0.321 e. The topological polar surface area (TPSA) is 113 Å². The number of ether oxygens (including phenoxy) is 2. The average Bonchev–Trinajstić information content (AvgIpc) is 2.62. The number of hydrogen-bond donors (Lipinski definition) is 2. The van der Waals surface area contributed by atoms with Crippen LogP contribution in [0.3, 0.4) is 0 Å². The molecule has 1 aromatic carbocycles. The summed E-state index contributed by atoms with van der Waals surface area (Å²) in [5.74, 6) is -2.02. The van der Waals surface area contributed by atoms with E-state index in [1.807, 2.05) is 13.8 Å². The number of rotatable bonds is 7. The number of benzene rings is 1. The lowest BCUT2D eigenvalue weighted by Gasteiger charge is -2.36. The number of amides is 1. The van der Waals surface area contributed by atoms with Crippen LogP contribution in [0.5, 0.6) is 11.5 Å². The molecule has 8 nitrogen and oxygen atoms in total. The summed E-state index contributed by atoms with van der Waals surface area (Å²) >= 11 is 0. The second-order valence-electron chi connectivity index (χ2n) is 6.01. The number of carboxylic acid groups (broad SMARTS) is 2. The summed E-state index contributed by atoms with van der Waals surface area (Å²) in [6.45, 7) is 4.68. The second kappa shape index (κ2) is 8.07. The first kappa shape index (κ1) is 19.6. The summed E-state index contributed by atoms with van der Waals surface area (Å²) in [6.07, 6.45) is -0.252. The highest BCUT2D eigenvalue weighted by molar-refractivity contribution is 5.99. The van der Waals surface area contributed by atoms with E-state index in [0.29, 0.717) is 30.3 Å². The lowest BCUT2D eigenvalue weighted by atomic mass is 9.78.